The van der Waals surface area contributed by atoms with E-state index in [1.165, 1.54) is 11.3 Å². The number of nitrogens with one attached hydrogen (secondary N) is 1. The van der Waals surface area contributed by atoms with Crippen LogP contribution in [0, 0.1) is 19.8 Å². The predicted octanol–water partition coefficient (Wildman–Crippen LogP) is 2.68. The molecule has 2 aromatic carbocycles. The number of fused-ring (bicyclic) bond motifs is 6. The third kappa shape index (κ3) is 3.34. The Labute approximate surface area is 211 Å². The van der Waals surface area contributed by atoms with Crippen molar-refractivity contribution >= 4 is 29.0 Å². The van der Waals surface area contributed by atoms with Crippen LogP contribution < -0.4 is 24.9 Å². The van der Waals surface area contributed by atoms with E-state index in [4.69, 9.17) is 9.73 Å². The van der Waals surface area contributed by atoms with Gasteiger partial charge in [-0.15, -0.1) is 0 Å². The third-order valence-electron chi connectivity index (χ3n) is 7.12. The van der Waals surface area contributed by atoms with Crippen LogP contribution in [0.2, 0.25) is 0 Å². The normalized spacial score (nSPS) is 22.3. The van der Waals surface area contributed by atoms with E-state index in [1.807, 2.05) is 82.4 Å². The zero-order valence-corrected chi connectivity index (χ0v) is 21.2. The quantitative estimate of drug-likeness (QED) is 0.469. The number of thiazole rings is 1. The maximum Gasteiger partial charge on any atom is 0.270 e. The lowest BCUT2D eigenvalue weighted by Gasteiger charge is -2.45. The number of rotatable bonds is 3. The largest absolute Gasteiger partial charge is 0.465 e. The number of carbonyl (C=O) groups is 1. The van der Waals surface area contributed by atoms with Gasteiger partial charge in [-0.25, -0.2) is 4.99 Å². The van der Waals surface area contributed by atoms with Crippen molar-refractivity contribution in [2.24, 2.45) is 18.0 Å². The van der Waals surface area contributed by atoms with Crippen LogP contribution in [0.4, 0.5) is 5.69 Å². The van der Waals surface area contributed by atoms with E-state index >= 15 is 0 Å². The Morgan fingerprint density at radius 1 is 1.17 bits per heavy atom. The highest BCUT2D eigenvalue weighted by Crippen LogP contribution is 2.47. The van der Waals surface area contributed by atoms with Gasteiger partial charge in [0.05, 0.1) is 16.8 Å². The summed E-state index contributed by atoms with van der Waals surface area (Å²) in [6.07, 6.45) is 3.59. The highest BCUT2D eigenvalue weighted by Gasteiger charge is 2.55. The molecule has 2 aliphatic heterocycles. The second-order valence-corrected chi connectivity index (χ2v) is 10.4. The fourth-order valence-corrected chi connectivity index (χ4v) is 6.16. The Morgan fingerprint density at radius 3 is 2.67 bits per heavy atom. The van der Waals surface area contributed by atoms with Gasteiger partial charge in [-0.3, -0.25) is 18.8 Å². The zero-order valence-electron chi connectivity index (χ0n) is 20.4. The molecule has 3 unspecified atom stereocenters. The summed E-state index contributed by atoms with van der Waals surface area (Å²) < 4.78 is 10.3. The van der Waals surface area contributed by atoms with Crippen molar-refractivity contribution in [2.75, 3.05) is 5.32 Å². The first-order valence-corrected chi connectivity index (χ1v) is 12.5. The summed E-state index contributed by atoms with van der Waals surface area (Å²) in [5.74, 6) is -0.363. The van der Waals surface area contributed by atoms with Gasteiger partial charge in [-0.05, 0) is 44.5 Å². The lowest BCUT2D eigenvalue weighted by molar-refractivity contribution is -0.131. The molecular formula is C27H25N5O3S. The van der Waals surface area contributed by atoms with E-state index in [-0.39, 0.29) is 11.5 Å². The minimum atomic E-state index is -1.18. The second kappa shape index (κ2) is 8.03. The van der Waals surface area contributed by atoms with Crippen LogP contribution in [0.5, 0.6) is 5.75 Å². The molecule has 8 nitrogen and oxygen atoms in total. The van der Waals surface area contributed by atoms with Crippen molar-refractivity contribution in [3.8, 4) is 5.75 Å². The zero-order chi connectivity index (χ0) is 25.2. The molecule has 2 aliphatic rings. The number of hydrogen-bond donors (Lipinski definition) is 1. The Morgan fingerprint density at radius 2 is 1.92 bits per heavy atom. The minimum absolute atomic E-state index is 0.181. The van der Waals surface area contributed by atoms with Gasteiger partial charge in [-0.2, -0.15) is 5.10 Å². The molecule has 0 saturated carbocycles. The summed E-state index contributed by atoms with van der Waals surface area (Å²) in [5.41, 5.74) is 2.94. The van der Waals surface area contributed by atoms with Gasteiger partial charge in [0.15, 0.2) is 4.80 Å². The number of amides is 1. The Kier molecular flexibility index (Phi) is 5.01. The smallest absolute Gasteiger partial charge is 0.270 e. The summed E-state index contributed by atoms with van der Waals surface area (Å²) >= 11 is 1.30. The van der Waals surface area contributed by atoms with E-state index in [1.54, 1.807) is 15.4 Å². The molecule has 4 heterocycles. The predicted molar refractivity (Wildman–Crippen MR) is 138 cm³/mol. The molecule has 0 saturated heterocycles. The molecule has 182 valence electrons. The molecule has 1 amide bonds. The molecule has 1 N–H and O–H groups in total. The molecule has 2 bridgehead atoms. The van der Waals surface area contributed by atoms with E-state index < -0.39 is 17.7 Å². The minimum Gasteiger partial charge on any atom is -0.465 e. The number of aryl methyl sites for hydroxylation is 2. The molecule has 3 atom stereocenters. The van der Waals surface area contributed by atoms with Crippen molar-refractivity contribution in [3.63, 3.8) is 0 Å². The lowest BCUT2D eigenvalue weighted by Crippen LogP contribution is -2.59. The summed E-state index contributed by atoms with van der Waals surface area (Å²) in [7, 11) is 1.87. The second-order valence-electron chi connectivity index (χ2n) is 9.41. The van der Waals surface area contributed by atoms with Crippen LogP contribution in [-0.4, -0.2) is 26.0 Å². The van der Waals surface area contributed by atoms with Crippen LogP contribution in [0.15, 0.2) is 64.5 Å². The van der Waals surface area contributed by atoms with Crippen molar-refractivity contribution in [1.29, 1.82) is 0 Å². The molecule has 0 aliphatic carbocycles. The summed E-state index contributed by atoms with van der Waals surface area (Å²) in [6, 6.07) is 14.6. The fraction of sp³-hybridized carbons (Fsp3) is 0.259. The number of benzene rings is 2. The molecule has 4 aromatic rings. The van der Waals surface area contributed by atoms with Crippen LogP contribution >= 0.6 is 11.3 Å². The van der Waals surface area contributed by atoms with Crippen molar-refractivity contribution in [3.05, 3.63) is 96.8 Å². The van der Waals surface area contributed by atoms with Gasteiger partial charge >= 0.3 is 0 Å². The molecule has 6 rings (SSSR count). The van der Waals surface area contributed by atoms with E-state index in [9.17, 15) is 9.59 Å². The number of nitrogens with zero attached hydrogens (tertiary/aromatic N) is 4. The van der Waals surface area contributed by atoms with Gasteiger partial charge in [-0.1, -0.05) is 47.7 Å². The number of hydrogen-bond acceptors (Lipinski definition) is 6. The fourth-order valence-electron chi connectivity index (χ4n) is 5.07. The first-order chi connectivity index (χ1) is 17.3. The van der Waals surface area contributed by atoms with Crippen LogP contribution in [0.3, 0.4) is 0 Å². The maximum absolute atomic E-state index is 13.8. The Balaban J connectivity index is 1.55. The first kappa shape index (κ1) is 22.5. The first-order valence-electron chi connectivity index (χ1n) is 11.7. The number of anilines is 1. The summed E-state index contributed by atoms with van der Waals surface area (Å²) in [4.78, 5) is 33.1. The monoisotopic (exact) mass is 499 g/mol. The number of ether oxygens (including phenoxy) is 1. The number of carbonyl (C=O) groups excluding carboxylic acids is 1. The average Bonchev–Trinajstić information content (AvgIpc) is 3.32. The highest BCUT2D eigenvalue weighted by atomic mass is 32.1. The molecule has 9 heteroatoms. The van der Waals surface area contributed by atoms with Crippen molar-refractivity contribution in [1.82, 2.24) is 14.3 Å². The Hall–Kier alpha value is -3.98. The van der Waals surface area contributed by atoms with Gasteiger partial charge in [0, 0.05) is 29.6 Å². The summed E-state index contributed by atoms with van der Waals surface area (Å²) in [6.45, 7) is 5.72. The number of para-hydroxylation sites is 2. The number of aromatic nitrogens is 3. The van der Waals surface area contributed by atoms with E-state index in [0.29, 0.717) is 15.1 Å². The molecule has 2 aromatic heterocycles. The van der Waals surface area contributed by atoms with E-state index in [0.717, 1.165) is 28.1 Å². The molecule has 0 radical (unpaired) electrons. The van der Waals surface area contributed by atoms with Gasteiger partial charge in [0.2, 0.25) is 11.6 Å². The van der Waals surface area contributed by atoms with Gasteiger partial charge in [0.1, 0.15) is 11.7 Å². The van der Waals surface area contributed by atoms with E-state index in [2.05, 4.69) is 10.4 Å². The SMILES string of the molecule is Cc1ccccc1NC(=O)C1C2c3ccccc3OC1(C)N=c1sc(=Cc3cnn(C)c3C)c(=O)n12. The van der Waals surface area contributed by atoms with Gasteiger partial charge < -0.3 is 10.1 Å². The van der Waals surface area contributed by atoms with Crippen LogP contribution in [0.25, 0.3) is 6.08 Å². The van der Waals surface area contributed by atoms with Crippen LogP contribution in [0.1, 0.15) is 35.3 Å². The third-order valence-corrected chi connectivity index (χ3v) is 8.11. The van der Waals surface area contributed by atoms with Crippen molar-refractivity contribution in [2.45, 2.75) is 32.5 Å². The topological polar surface area (TPSA) is 90.5 Å². The molecular weight excluding hydrogens is 474 g/mol. The highest BCUT2D eigenvalue weighted by molar-refractivity contribution is 7.07. The lowest BCUT2D eigenvalue weighted by atomic mass is 9.80. The van der Waals surface area contributed by atoms with Crippen LogP contribution in [-0.2, 0) is 11.8 Å². The summed E-state index contributed by atoms with van der Waals surface area (Å²) in [5, 5.41) is 7.35. The molecule has 36 heavy (non-hydrogen) atoms. The molecule has 0 fully saturated rings. The van der Waals surface area contributed by atoms with Crippen molar-refractivity contribution < 1.29 is 9.53 Å². The standard InChI is InChI=1S/C27H25N5O3S/c1-15-9-5-7-11-19(15)29-24(33)22-23-18-10-6-8-12-20(18)35-27(22,3)30-26-32(23)25(34)21(36-26)13-17-14-28-31(4)16(17)2/h5-14,22-23H,1-4H3,(H,29,33). The molecule has 0 spiro atoms. The van der Waals surface area contributed by atoms with Gasteiger partial charge in [0.25, 0.3) is 5.56 Å². The maximum atomic E-state index is 13.8. The Bertz CT molecular complexity index is 1720. The average molecular weight is 500 g/mol.